The number of hydrogen-bond acceptors (Lipinski definition) is 4. The summed E-state index contributed by atoms with van der Waals surface area (Å²) in [6.45, 7) is 4.87. The number of nitrogens with two attached hydrogens (primary N) is 1. The zero-order valence-electron chi connectivity index (χ0n) is 13.1. The Bertz CT molecular complexity index is 471. The first-order valence-corrected chi connectivity index (χ1v) is 8.88. The van der Waals surface area contributed by atoms with Gasteiger partial charge in [-0.25, -0.2) is 9.97 Å². The maximum atomic E-state index is 6.17. The third kappa shape index (κ3) is 3.75. The summed E-state index contributed by atoms with van der Waals surface area (Å²) in [5.41, 5.74) is 6.76. The quantitative estimate of drug-likeness (QED) is 0.797. The molecule has 5 heteroatoms. The van der Waals surface area contributed by atoms with Crippen LogP contribution in [0.4, 0.5) is 5.82 Å². The molecule has 1 aromatic heterocycles. The van der Waals surface area contributed by atoms with Crippen molar-refractivity contribution < 1.29 is 4.74 Å². The highest BCUT2D eigenvalue weighted by molar-refractivity contribution is 9.10. The van der Waals surface area contributed by atoms with Gasteiger partial charge in [-0.05, 0) is 42.1 Å². The third-order valence-electron chi connectivity index (χ3n) is 4.17. The lowest BCUT2D eigenvalue weighted by atomic mass is 9.92. The first-order chi connectivity index (χ1) is 10.1. The molecule has 0 spiro atoms. The Kier molecular flexibility index (Phi) is 5.99. The molecule has 118 valence electrons. The Labute approximate surface area is 136 Å². The fraction of sp³-hybridized carbons (Fsp3) is 0.750. The molecule has 2 N–H and O–H groups in total. The Morgan fingerprint density at radius 1 is 1.14 bits per heavy atom. The summed E-state index contributed by atoms with van der Waals surface area (Å²) in [4.78, 5) is 9.38. The zero-order valence-corrected chi connectivity index (χ0v) is 14.7. The van der Waals surface area contributed by atoms with Crippen LogP contribution >= 0.6 is 15.9 Å². The number of aromatic nitrogens is 2. The minimum absolute atomic E-state index is 0.345. The first-order valence-electron chi connectivity index (χ1n) is 8.09. The molecule has 0 saturated heterocycles. The first kappa shape index (κ1) is 16.7. The lowest BCUT2D eigenvalue weighted by Gasteiger charge is -2.31. The van der Waals surface area contributed by atoms with Crippen molar-refractivity contribution in [1.29, 1.82) is 0 Å². The van der Waals surface area contributed by atoms with Gasteiger partial charge in [-0.3, -0.25) is 0 Å². The average molecular weight is 356 g/mol. The standard InChI is InChI=1S/C16H26BrN3O/c1-3-9-12-13(17)14(18)20-15(19-12)16(21-4-2)10-7-5-6-8-11-16/h3-11H2,1-2H3,(H2,18,19,20). The van der Waals surface area contributed by atoms with Crippen molar-refractivity contribution in [2.75, 3.05) is 12.3 Å². The minimum Gasteiger partial charge on any atom is -0.383 e. The molecule has 0 unspecified atom stereocenters. The number of hydrogen-bond donors (Lipinski definition) is 1. The number of ether oxygens (including phenoxy) is 1. The summed E-state index contributed by atoms with van der Waals surface area (Å²) in [6, 6.07) is 0. The molecule has 1 aromatic rings. The van der Waals surface area contributed by atoms with Crippen molar-refractivity contribution in [1.82, 2.24) is 9.97 Å². The highest BCUT2D eigenvalue weighted by Gasteiger charge is 2.37. The van der Waals surface area contributed by atoms with Crippen LogP contribution in [0.5, 0.6) is 0 Å². The van der Waals surface area contributed by atoms with Crippen molar-refractivity contribution in [3.05, 3.63) is 16.0 Å². The van der Waals surface area contributed by atoms with E-state index in [1.165, 1.54) is 25.7 Å². The second-order valence-electron chi connectivity index (χ2n) is 5.78. The number of halogens is 1. The maximum Gasteiger partial charge on any atom is 0.162 e. The molecule has 4 nitrogen and oxygen atoms in total. The van der Waals surface area contributed by atoms with Gasteiger partial charge in [0.1, 0.15) is 11.4 Å². The van der Waals surface area contributed by atoms with Gasteiger partial charge in [-0.2, -0.15) is 0 Å². The number of nitrogens with zero attached hydrogens (tertiary/aromatic N) is 2. The van der Waals surface area contributed by atoms with Crippen LogP contribution in [-0.4, -0.2) is 16.6 Å². The maximum absolute atomic E-state index is 6.17. The third-order valence-corrected chi connectivity index (χ3v) is 5.04. The van der Waals surface area contributed by atoms with Crippen molar-refractivity contribution in [3.63, 3.8) is 0 Å². The summed E-state index contributed by atoms with van der Waals surface area (Å²) < 4.78 is 7.01. The van der Waals surface area contributed by atoms with Crippen LogP contribution < -0.4 is 5.73 Å². The van der Waals surface area contributed by atoms with Crippen molar-refractivity contribution in [2.45, 2.75) is 70.8 Å². The van der Waals surface area contributed by atoms with Gasteiger partial charge >= 0.3 is 0 Å². The molecule has 0 atom stereocenters. The molecule has 1 saturated carbocycles. The normalized spacial score (nSPS) is 18.4. The Morgan fingerprint density at radius 2 is 1.81 bits per heavy atom. The van der Waals surface area contributed by atoms with E-state index in [1.54, 1.807) is 0 Å². The monoisotopic (exact) mass is 355 g/mol. The van der Waals surface area contributed by atoms with Gasteiger partial charge in [0, 0.05) is 6.61 Å². The molecule has 21 heavy (non-hydrogen) atoms. The highest BCUT2D eigenvalue weighted by Crippen LogP contribution is 2.39. The van der Waals surface area contributed by atoms with E-state index < -0.39 is 0 Å². The average Bonchev–Trinajstić information content (AvgIpc) is 2.71. The van der Waals surface area contributed by atoms with Crippen LogP contribution in [0, 0.1) is 0 Å². The number of nitrogen functional groups attached to an aromatic ring is 1. The van der Waals surface area contributed by atoms with E-state index in [0.717, 1.165) is 41.7 Å². The molecule has 1 aliphatic rings. The summed E-state index contributed by atoms with van der Waals surface area (Å²) in [6.07, 6.45) is 8.80. The predicted molar refractivity (Wildman–Crippen MR) is 89.1 cm³/mol. The highest BCUT2D eigenvalue weighted by atomic mass is 79.9. The molecular weight excluding hydrogens is 330 g/mol. The van der Waals surface area contributed by atoms with E-state index in [9.17, 15) is 0 Å². The van der Waals surface area contributed by atoms with Crippen LogP contribution in [0.3, 0.4) is 0 Å². The van der Waals surface area contributed by atoms with E-state index >= 15 is 0 Å². The molecule has 1 heterocycles. The van der Waals surface area contributed by atoms with Gasteiger partial charge in [0.25, 0.3) is 0 Å². The molecule has 1 aliphatic carbocycles. The van der Waals surface area contributed by atoms with E-state index in [-0.39, 0.29) is 5.60 Å². The molecule has 0 amide bonds. The molecule has 0 aromatic carbocycles. The lowest BCUT2D eigenvalue weighted by Crippen LogP contribution is -2.32. The van der Waals surface area contributed by atoms with Gasteiger partial charge in [0.2, 0.25) is 0 Å². The van der Waals surface area contributed by atoms with Gasteiger partial charge in [-0.1, -0.05) is 39.0 Å². The fourth-order valence-electron chi connectivity index (χ4n) is 3.13. The zero-order chi connectivity index (χ0) is 15.3. The van der Waals surface area contributed by atoms with E-state index in [4.69, 9.17) is 15.5 Å². The number of anilines is 1. The number of rotatable bonds is 5. The van der Waals surface area contributed by atoms with Crippen LogP contribution in [0.15, 0.2) is 4.47 Å². The van der Waals surface area contributed by atoms with Crippen LogP contribution in [-0.2, 0) is 16.8 Å². The summed E-state index contributed by atoms with van der Waals surface area (Å²) in [7, 11) is 0. The van der Waals surface area contributed by atoms with E-state index in [1.807, 2.05) is 6.92 Å². The molecule has 0 radical (unpaired) electrons. The Hall–Kier alpha value is -0.680. The Balaban J connectivity index is 2.43. The summed E-state index contributed by atoms with van der Waals surface area (Å²) in [5, 5.41) is 0. The van der Waals surface area contributed by atoms with Crippen molar-refractivity contribution >= 4 is 21.7 Å². The molecule has 0 aliphatic heterocycles. The second-order valence-corrected chi connectivity index (χ2v) is 6.58. The second kappa shape index (κ2) is 7.54. The minimum atomic E-state index is -0.345. The molecule has 1 fully saturated rings. The van der Waals surface area contributed by atoms with Crippen molar-refractivity contribution in [3.8, 4) is 0 Å². The Morgan fingerprint density at radius 3 is 2.38 bits per heavy atom. The molecular formula is C16H26BrN3O. The predicted octanol–water partition coefficient (Wildman–Crippen LogP) is 4.36. The largest absolute Gasteiger partial charge is 0.383 e. The van der Waals surface area contributed by atoms with Gasteiger partial charge < -0.3 is 10.5 Å². The van der Waals surface area contributed by atoms with Gasteiger partial charge in [0.15, 0.2) is 5.82 Å². The lowest BCUT2D eigenvalue weighted by molar-refractivity contribution is -0.0625. The molecule has 0 bridgehead atoms. The van der Waals surface area contributed by atoms with E-state index in [0.29, 0.717) is 12.4 Å². The topological polar surface area (TPSA) is 61.0 Å². The summed E-state index contributed by atoms with van der Waals surface area (Å²) in [5.74, 6) is 1.32. The molecule has 2 rings (SSSR count). The number of aryl methyl sites for hydroxylation is 1. The smallest absolute Gasteiger partial charge is 0.162 e. The SMILES string of the molecule is CCCc1nc(C2(OCC)CCCCCC2)nc(N)c1Br. The van der Waals surface area contributed by atoms with Crippen LogP contribution in [0.25, 0.3) is 0 Å². The van der Waals surface area contributed by atoms with Crippen LogP contribution in [0.1, 0.15) is 70.3 Å². The van der Waals surface area contributed by atoms with Crippen molar-refractivity contribution in [2.24, 2.45) is 0 Å². The van der Waals surface area contributed by atoms with Gasteiger partial charge in [0.05, 0.1) is 10.2 Å². The van der Waals surface area contributed by atoms with Crippen LogP contribution in [0.2, 0.25) is 0 Å². The summed E-state index contributed by atoms with van der Waals surface area (Å²) >= 11 is 3.52. The van der Waals surface area contributed by atoms with E-state index in [2.05, 4.69) is 27.8 Å². The fourth-order valence-corrected chi connectivity index (χ4v) is 3.50. The van der Waals surface area contributed by atoms with Gasteiger partial charge in [-0.15, -0.1) is 0 Å².